The van der Waals surface area contributed by atoms with Crippen LogP contribution in [0.25, 0.3) is 0 Å². The smallest absolute Gasteiger partial charge is 1.00 e. The summed E-state index contributed by atoms with van der Waals surface area (Å²) >= 11 is 3.20. The number of aryl methyl sites for hydroxylation is 1. The fourth-order valence-electron chi connectivity index (χ4n) is 0.612. The van der Waals surface area contributed by atoms with Crippen LogP contribution in [-0.2, 0) is 0 Å². The fourth-order valence-corrected chi connectivity index (χ4v) is 1.11. The summed E-state index contributed by atoms with van der Waals surface area (Å²) in [5, 5.41) is 22.9. The van der Waals surface area contributed by atoms with E-state index < -0.39 is 6.16 Å². The van der Waals surface area contributed by atoms with Crippen LogP contribution < -0.4 is 29.6 Å². The van der Waals surface area contributed by atoms with Gasteiger partial charge in [-0.3, -0.25) is 0 Å². The van der Waals surface area contributed by atoms with Crippen molar-refractivity contribution in [2.24, 2.45) is 0 Å². The molecule has 0 aliphatic rings. The Kier molecular flexibility index (Phi) is 9.39. The van der Waals surface area contributed by atoms with Crippen LogP contribution in [0.4, 0.5) is 4.79 Å². The van der Waals surface area contributed by atoms with Gasteiger partial charge in [0.15, 0.2) is 0 Å². The summed E-state index contributed by atoms with van der Waals surface area (Å²) in [7, 11) is 0. The summed E-state index contributed by atoms with van der Waals surface area (Å²) in [4.78, 5) is 8.56. The number of hydrogen-bond donors (Lipinski definition) is 3. The molecule has 0 saturated carbocycles. The fraction of sp³-hybridized carbons (Fsp3) is 0.125. The van der Waals surface area contributed by atoms with E-state index in [2.05, 4.69) is 15.9 Å². The van der Waals surface area contributed by atoms with Gasteiger partial charge in [-0.15, -0.1) is 0 Å². The van der Waals surface area contributed by atoms with Crippen LogP contribution in [0, 0.1) is 6.92 Å². The Morgan fingerprint density at radius 3 is 2.14 bits per heavy atom. The van der Waals surface area contributed by atoms with Crippen molar-refractivity contribution in [3.8, 4) is 5.75 Å². The second kappa shape index (κ2) is 8.11. The topological polar surface area (TPSA) is 77.8 Å². The molecular weight excluding hydrogens is 263 g/mol. The number of phenolic OH excluding ortho intramolecular Hbond substituents is 1. The molecule has 0 aromatic heterocycles. The molecule has 0 bridgehead atoms. The molecule has 0 saturated heterocycles. The average Bonchev–Trinajstić information content (AvgIpc) is 1.96. The van der Waals surface area contributed by atoms with Gasteiger partial charge in [0, 0.05) is 0 Å². The van der Waals surface area contributed by atoms with E-state index in [1.165, 1.54) is 0 Å². The van der Waals surface area contributed by atoms with Crippen LogP contribution in [0.2, 0.25) is 0 Å². The van der Waals surface area contributed by atoms with Crippen LogP contribution in [-0.4, -0.2) is 21.5 Å². The van der Waals surface area contributed by atoms with Crippen LogP contribution in [0.1, 0.15) is 6.99 Å². The first-order valence-corrected chi connectivity index (χ1v) is 4.09. The van der Waals surface area contributed by atoms with E-state index in [9.17, 15) is 0 Å². The molecule has 6 heteroatoms. The number of benzene rings is 1. The Morgan fingerprint density at radius 1 is 1.43 bits per heavy atom. The number of aromatic hydroxyl groups is 1. The summed E-state index contributed by atoms with van der Waals surface area (Å²) < 4.78 is 0.752. The largest absolute Gasteiger partial charge is 1.00 e. The molecule has 0 spiro atoms. The zero-order chi connectivity index (χ0) is 10.4. The number of hydrogen-bond acceptors (Lipinski definition) is 2. The third kappa shape index (κ3) is 8.37. The molecule has 74 valence electrons. The van der Waals surface area contributed by atoms with E-state index in [4.69, 9.17) is 20.1 Å². The quantitative estimate of drug-likeness (QED) is 0.572. The second-order valence-corrected chi connectivity index (χ2v) is 3.09. The molecule has 4 nitrogen and oxygen atoms in total. The van der Waals surface area contributed by atoms with Gasteiger partial charge in [0.1, 0.15) is 5.75 Å². The first kappa shape index (κ1) is 16.2. The molecule has 3 N–H and O–H groups in total. The van der Waals surface area contributed by atoms with Crippen molar-refractivity contribution in [3.63, 3.8) is 0 Å². The van der Waals surface area contributed by atoms with Gasteiger partial charge >= 0.3 is 35.7 Å². The Labute approximate surface area is 113 Å². The molecule has 0 unspecified atom stereocenters. The van der Waals surface area contributed by atoms with Crippen LogP contribution >= 0.6 is 15.9 Å². The maximum Gasteiger partial charge on any atom is 1.00 e. The van der Waals surface area contributed by atoms with Gasteiger partial charge in [0.25, 0.3) is 0 Å². The van der Waals surface area contributed by atoms with Gasteiger partial charge < -0.3 is 16.7 Å². The Morgan fingerprint density at radius 2 is 1.86 bits per heavy atom. The molecule has 14 heavy (non-hydrogen) atoms. The van der Waals surface area contributed by atoms with Gasteiger partial charge in [-0.25, -0.2) is 4.79 Å². The summed E-state index contributed by atoms with van der Waals surface area (Å²) in [5.41, 5.74) is 1.14. The predicted molar refractivity (Wildman–Crippen MR) is 52.3 cm³/mol. The van der Waals surface area contributed by atoms with Crippen LogP contribution in [0.5, 0.6) is 5.75 Å². The van der Waals surface area contributed by atoms with E-state index in [0.717, 1.165) is 10.0 Å². The van der Waals surface area contributed by atoms with E-state index in [0.29, 0.717) is 5.75 Å². The van der Waals surface area contributed by atoms with E-state index in [1.807, 2.05) is 19.1 Å². The zero-order valence-corrected chi connectivity index (χ0v) is 11.4. The molecule has 0 aliphatic heterocycles. The molecule has 1 aromatic carbocycles. The minimum atomic E-state index is -1.83. The van der Waals surface area contributed by atoms with Gasteiger partial charge in [-0.2, -0.15) is 0 Å². The van der Waals surface area contributed by atoms with Crippen molar-refractivity contribution >= 4 is 22.1 Å². The summed E-state index contributed by atoms with van der Waals surface area (Å²) in [6.07, 6.45) is -1.83. The van der Waals surface area contributed by atoms with Crippen molar-refractivity contribution in [1.82, 2.24) is 0 Å². The minimum absolute atomic E-state index is 0. The van der Waals surface area contributed by atoms with Crippen molar-refractivity contribution in [2.75, 3.05) is 0 Å². The number of phenols is 1. The zero-order valence-electron chi connectivity index (χ0n) is 8.86. The van der Waals surface area contributed by atoms with E-state index in [1.54, 1.807) is 6.07 Å². The second-order valence-electron chi connectivity index (χ2n) is 2.24. The van der Waals surface area contributed by atoms with Crippen molar-refractivity contribution in [1.29, 1.82) is 0 Å². The maximum atomic E-state index is 9.00. The Balaban J connectivity index is -0.000000213. The standard InChI is InChI=1S/C7H7BrO.CH2O3.Na.H/c1-5-2-3-7(9)6(8)4-5;2-1(3)4;;/h2-4,9H,1H3;(H2,2,3,4);;/q;;+1;-1. The summed E-state index contributed by atoms with van der Waals surface area (Å²) in [6.45, 7) is 1.98. The van der Waals surface area contributed by atoms with Gasteiger partial charge in [0.2, 0.25) is 0 Å². The van der Waals surface area contributed by atoms with Gasteiger partial charge in [-0.1, -0.05) is 6.07 Å². The average molecular weight is 273 g/mol. The molecular formula is C8H10BrNaO4. The summed E-state index contributed by atoms with van der Waals surface area (Å²) in [5.74, 6) is 0.292. The SMILES string of the molecule is Cc1ccc(O)c(Br)c1.O=C(O)O.[H-].[Na+]. The van der Waals surface area contributed by atoms with E-state index >= 15 is 0 Å². The molecule has 0 fully saturated rings. The van der Waals surface area contributed by atoms with Crippen molar-refractivity contribution in [3.05, 3.63) is 28.2 Å². The molecule has 0 radical (unpaired) electrons. The molecule has 1 aromatic rings. The maximum absolute atomic E-state index is 9.00. The van der Waals surface area contributed by atoms with Crippen LogP contribution in [0.15, 0.2) is 22.7 Å². The van der Waals surface area contributed by atoms with Crippen molar-refractivity contribution in [2.45, 2.75) is 6.92 Å². The third-order valence-electron chi connectivity index (χ3n) is 1.10. The third-order valence-corrected chi connectivity index (χ3v) is 1.74. The normalized spacial score (nSPS) is 7.86. The van der Waals surface area contributed by atoms with Gasteiger partial charge in [-0.05, 0) is 40.5 Å². The molecule has 0 heterocycles. The molecule has 1 rings (SSSR count). The van der Waals surface area contributed by atoms with Gasteiger partial charge in [0.05, 0.1) is 4.47 Å². The number of rotatable bonds is 0. The van der Waals surface area contributed by atoms with Crippen LogP contribution in [0.3, 0.4) is 0 Å². The minimum Gasteiger partial charge on any atom is -1.00 e. The number of halogens is 1. The molecule has 0 atom stereocenters. The molecule has 0 aliphatic carbocycles. The number of carboxylic acid groups (broad SMARTS) is 2. The Bertz CT molecular complexity index is 305. The number of carbonyl (C=O) groups is 1. The molecule has 0 amide bonds. The summed E-state index contributed by atoms with van der Waals surface area (Å²) in [6, 6.07) is 5.40. The monoisotopic (exact) mass is 272 g/mol. The van der Waals surface area contributed by atoms with Crippen molar-refractivity contribution < 1.29 is 51.1 Å². The Hall–Kier alpha value is -0.230. The predicted octanol–water partition coefficient (Wildman–Crippen LogP) is -0.198. The first-order valence-electron chi connectivity index (χ1n) is 3.30. The first-order chi connectivity index (χ1) is 5.93. The van der Waals surface area contributed by atoms with E-state index in [-0.39, 0.29) is 31.0 Å².